The summed E-state index contributed by atoms with van der Waals surface area (Å²) >= 11 is 0. The maximum atomic E-state index is 4.12. The van der Waals surface area contributed by atoms with Crippen molar-refractivity contribution in [2.45, 2.75) is 46.6 Å². The zero-order chi connectivity index (χ0) is 11.3. The van der Waals surface area contributed by atoms with E-state index in [2.05, 4.69) is 46.5 Å². The molecule has 0 N–H and O–H groups in total. The summed E-state index contributed by atoms with van der Waals surface area (Å²) in [4.78, 5) is 0. The van der Waals surface area contributed by atoms with Gasteiger partial charge in [0.25, 0.3) is 0 Å². The molecule has 86 valence electrons. The Morgan fingerprint density at radius 3 is 2.73 bits per heavy atom. The van der Waals surface area contributed by atoms with E-state index in [4.69, 9.17) is 0 Å². The second-order valence-corrected chi connectivity index (χ2v) is 5.75. The molecule has 1 heterocycles. The lowest BCUT2D eigenvalue weighted by atomic mass is 9.91. The third-order valence-corrected chi connectivity index (χ3v) is 2.59. The fourth-order valence-corrected chi connectivity index (χ4v) is 1.78. The van der Waals surface area contributed by atoms with E-state index < -0.39 is 0 Å². The van der Waals surface area contributed by atoms with Crippen LogP contribution in [0, 0.1) is 5.41 Å². The van der Waals surface area contributed by atoms with E-state index in [1.165, 1.54) is 12.8 Å². The Labute approximate surface area is 94.8 Å². The van der Waals surface area contributed by atoms with E-state index in [9.17, 15) is 0 Å². The molecule has 0 amide bonds. The highest BCUT2D eigenvalue weighted by Gasteiger charge is 2.09. The number of aromatic nitrogens is 3. The van der Waals surface area contributed by atoms with Crippen molar-refractivity contribution in [2.75, 3.05) is 6.16 Å². The first-order chi connectivity index (χ1) is 7.01. The molecule has 0 aromatic carbocycles. The van der Waals surface area contributed by atoms with Gasteiger partial charge in [-0.3, -0.25) is 4.68 Å². The number of aryl methyl sites for hydroxylation is 2. The summed E-state index contributed by atoms with van der Waals surface area (Å²) in [6.07, 6.45) is 6.52. The summed E-state index contributed by atoms with van der Waals surface area (Å²) in [5.41, 5.74) is 1.52. The molecule has 1 atom stereocenters. The fraction of sp³-hybridized carbons (Fsp3) is 0.818. The molecule has 0 aliphatic heterocycles. The van der Waals surface area contributed by atoms with Crippen LogP contribution in [0.1, 0.15) is 39.3 Å². The highest BCUT2D eigenvalue weighted by Crippen LogP contribution is 2.20. The quantitative estimate of drug-likeness (QED) is 0.724. The Balaban J connectivity index is 2.31. The summed E-state index contributed by atoms with van der Waals surface area (Å²) in [5, 5.41) is 8.23. The van der Waals surface area contributed by atoms with Crippen molar-refractivity contribution in [3.8, 4) is 0 Å². The standard InChI is InChI=1S/C11H22N3P/c1-11(2,3)6-4-7-14-9-10(5-8-15)12-13-14/h9H,4-8,15H2,1-3H3. The lowest BCUT2D eigenvalue weighted by Crippen LogP contribution is -2.07. The first kappa shape index (κ1) is 12.6. The van der Waals surface area contributed by atoms with Crippen LogP contribution >= 0.6 is 9.24 Å². The van der Waals surface area contributed by atoms with Gasteiger partial charge in [0.2, 0.25) is 0 Å². The molecule has 1 unspecified atom stereocenters. The van der Waals surface area contributed by atoms with Gasteiger partial charge in [-0.1, -0.05) is 26.0 Å². The molecule has 4 heteroatoms. The van der Waals surface area contributed by atoms with E-state index in [1.54, 1.807) is 0 Å². The van der Waals surface area contributed by atoms with Crippen molar-refractivity contribution in [2.24, 2.45) is 5.41 Å². The summed E-state index contributed by atoms with van der Waals surface area (Å²) in [6.45, 7) is 7.80. The number of nitrogens with zero attached hydrogens (tertiary/aromatic N) is 3. The first-order valence-corrected chi connectivity index (χ1v) is 6.42. The van der Waals surface area contributed by atoms with Gasteiger partial charge < -0.3 is 0 Å². The Morgan fingerprint density at radius 1 is 1.40 bits per heavy atom. The smallest absolute Gasteiger partial charge is 0.0830 e. The minimum atomic E-state index is 0.420. The summed E-state index contributed by atoms with van der Waals surface area (Å²) in [7, 11) is 2.71. The highest BCUT2D eigenvalue weighted by atomic mass is 31.0. The second-order valence-electron chi connectivity index (χ2n) is 5.18. The fourth-order valence-electron chi connectivity index (χ4n) is 1.48. The van der Waals surface area contributed by atoms with Gasteiger partial charge in [-0.15, -0.1) is 14.3 Å². The van der Waals surface area contributed by atoms with Crippen molar-refractivity contribution in [3.05, 3.63) is 11.9 Å². The summed E-state index contributed by atoms with van der Waals surface area (Å²) in [6, 6.07) is 0. The van der Waals surface area contributed by atoms with Crippen LogP contribution < -0.4 is 0 Å². The molecule has 0 spiro atoms. The molecular formula is C11H22N3P. The predicted molar refractivity (Wildman–Crippen MR) is 67.0 cm³/mol. The van der Waals surface area contributed by atoms with Crippen LogP contribution in [0.15, 0.2) is 6.20 Å². The first-order valence-electron chi connectivity index (χ1n) is 5.60. The third-order valence-electron chi connectivity index (χ3n) is 2.30. The minimum absolute atomic E-state index is 0.420. The molecule has 0 radical (unpaired) electrons. The molecule has 0 aliphatic carbocycles. The molecule has 0 saturated heterocycles. The van der Waals surface area contributed by atoms with E-state index in [0.29, 0.717) is 5.41 Å². The lowest BCUT2D eigenvalue weighted by Gasteiger charge is -2.17. The van der Waals surface area contributed by atoms with Crippen LogP contribution in [0.5, 0.6) is 0 Å². The summed E-state index contributed by atoms with van der Waals surface area (Å²) in [5.74, 6) is 0. The maximum absolute atomic E-state index is 4.12. The Kier molecular flexibility index (Phi) is 4.72. The van der Waals surface area contributed by atoms with E-state index in [1.807, 2.05) is 4.68 Å². The van der Waals surface area contributed by atoms with Crippen LogP contribution in [0.3, 0.4) is 0 Å². The Morgan fingerprint density at radius 2 is 2.13 bits per heavy atom. The highest BCUT2D eigenvalue weighted by molar-refractivity contribution is 7.16. The van der Waals surface area contributed by atoms with Gasteiger partial charge in [0.05, 0.1) is 5.69 Å². The van der Waals surface area contributed by atoms with Crippen LogP contribution in [0.4, 0.5) is 0 Å². The zero-order valence-electron chi connectivity index (χ0n) is 10.0. The second kappa shape index (κ2) is 5.60. The molecule has 0 fully saturated rings. The van der Waals surface area contributed by atoms with Gasteiger partial charge in [-0.25, -0.2) is 0 Å². The topological polar surface area (TPSA) is 30.7 Å². The molecule has 0 saturated carbocycles. The molecule has 1 aromatic heterocycles. The lowest BCUT2D eigenvalue weighted by molar-refractivity contribution is 0.347. The van der Waals surface area contributed by atoms with Crippen molar-refractivity contribution in [3.63, 3.8) is 0 Å². The van der Waals surface area contributed by atoms with Gasteiger partial charge in [0, 0.05) is 12.7 Å². The predicted octanol–water partition coefficient (Wildman–Crippen LogP) is 2.52. The van der Waals surface area contributed by atoms with Crippen molar-refractivity contribution in [1.29, 1.82) is 0 Å². The monoisotopic (exact) mass is 227 g/mol. The van der Waals surface area contributed by atoms with E-state index >= 15 is 0 Å². The molecule has 3 nitrogen and oxygen atoms in total. The van der Waals surface area contributed by atoms with Crippen molar-refractivity contribution >= 4 is 9.24 Å². The van der Waals surface area contributed by atoms with E-state index in [0.717, 1.165) is 24.8 Å². The average molecular weight is 227 g/mol. The zero-order valence-corrected chi connectivity index (χ0v) is 11.2. The summed E-state index contributed by atoms with van der Waals surface area (Å²) < 4.78 is 1.96. The molecule has 1 rings (SSSR count). The third kappa shape index (κ3) is 5.27. The normalized spacial score (nSPS) is 12.0. The molecular weight excluding hydrogens is 205 g/mol. The minimum Gasteiger partial charge on any atom is -0.252 e. The molecule has 0 bridgehead atoms. The molecule has 1 aromatic rings. The number of hydrogen-bond acceptors (Lipinski definition) is 2. The van der Waals surface area contributed by atoms with E-state index in [-0.39, 0.29) is 0 Å². The Bertz CT molecular complexity index is 288. The van der Waals surface area contributed by atoms with Gasteiger partial charge in [0.1, 0.15) is 0 Å². The van der Waals surface area contributed by atoms with Crippen molar-refractivity contribution in [1.82, 2.24) is 15.0 Å². The van der Waals surface area contributed by atoms with Gasteiger partial charge >= 0.3 is 0 Å². The number of rotatable bonds is 5. The number of hydrogen-bond donors (Lipinski definition) is 0. The molecule has 0 aliphatic rings. The van der Waals surface area contributed by atoms with Crippen LogP contribution in [0.25, 0.3) is 0 Å². The van der Waals surface area contributed by atoms with Gasteiger partial charge in [-0.2, -0.15) is 0 Å². The SMILES string of the molecule is CC(C)(C)CCCn1cc(CCP)nn1. The molecule has 15 heavy (non-hydrogen) atoms. The van der Waals surface area contributed by atoms with Crippen molar-refractivity contribution < 1.29 is 0 Å². The van der Waals surface area contributed by atoms with Crippen LogP contribution in [0.2, 0.25) is 0 Å². The largest absolute Gasteiger partial charge is 0.252 e. The average Bonchev–Trinajstić information content (AvgIpc) is 2.51. The van der Waals surface area contributed by atoms with Gasteiger partial charge in [-0.05, 0) is 30.8 Å². The van der Waals surface area contributed by atoms with Crippen LogP contribution in [-0.2, 0) is 13.0 Å². The van der Waals surface area contributed by atoms with Crippen LogP contribution in [-0.4, -0.2) is 21.2 Å². The Hall–Kier alpha value is -0.430. The van der Waals surface area contributed by atoms with Gasteiger partial charge in [0.15, 0.2) is 0 Å². The maximum Gasteiger partial charge on any atom is 0.0830 e.